The number of fused-ring (bicyclic) bond motifs is 1. The summed E-state index contributed by atoms with van der Waals surface area (Å²) in [6.07, 6.45) is 1.99. The highest BCUT2D eigenvalue weighted by Crippen LogP contribution is 2.35. The van der Waals surface area contributed by atoms with Gasteiger partial charge in [-0.25, -0.2) is 4.98 Å². The molecule has 0 atom stereocenters. The third-order valence-corrected chi connectivity index (χ3v) is 3.87. The SMILES string of the molecule is COc1cc(C)c(C)cc1-c1nc2ccc(C)cn2c1N. The van der Waals surface area contributed by atoms with E-state index in [1.54, 1.807) is 7.11 Å². The first-order valence-corrected chi connectivity index (χ1v) is 6.91. The lowest BCUT2D eigenvalue weighted by Crippen LogP contribution is -1.97. The van der Waals surface area contributed by atoms with Crippen LogP contribution in [-0.4, -0.2) is 16.5 Å². The molecule has 0 unspecified atom stereocenters. The van der Waals surface area contributed by atoms with Gasteiger partial charge in [0.05, 0.1) is 7.11 Å². The maximum Gasteiger partial charge on any atom is 0.139 e. The Bertz CT molecular complexity index is 834. The van der Waals surface area contributed by atoms with Crippen molar-refractivity contribution in [1.82, 2.24) is 9.38 Å². The summed E-state index contributed by atoms with van der Waals surface area (Å²) >= 11 is 0. The zero-order valence-electron chi connectivity index (χ0n) is 12.8. The van der Waals surface area contributed by atoms with Crippen molar-refractivity contribution in [2.75, 3.05) is 12.8 Å². The molecule has 0 bridgehead atoms. The van der Waals surface area contributed by atoms with Gasteiger partial charge < -0.3 is 10.5 Å². The van der Waals surface area contributed by atoms with E-state index in [4.69, 9.17) is 10.5 Å². The van der Waals surface area contributed by atoms with Crippen LogP contribution in [0.2, 0.25) is 0 Å². The Hall–Kier alpha value is -2.49. The molecule has 108 valence electrons. The molecule has 0 aliphatic heterocycles. The van der Waals surface area contributed by atoms with Gasteiger partial charge in [-0.3, -0.25) is 4.40 Å². The minimum Gasteiger partial charge on any atom is -0.496 e. The first-order valence-electron chi connectivity index (χ1n) is 6.91. The molecule has 0 spiro atoms. The van der Waals surface area contributed by atoms with E-state index in [2.05, 4.69) is 24.9 Å². The zero-order valence-corrected chi connectivity index (χ0v) is 12.8. The van der Waals surface area contributed by atoms with Crippen LogP contribution in [0.4, 0.5) is 5.82 Å². The van der Waals surface area contributed by atoms with E-state index >= 15 is 0 Å². The summed E-state index contributed by atoms with van der Waals surface area (Å²) in [7, 11) is 1.67. The molecule has 0 amide bonds. The number of nitrogen functional groups attached to an aromatic ring is 1. The second-order valence-electron chi connectivity index (χ2n) is 5.42. The minimum atomic E-state index is 0.634. The summed E-state index contributed by atoms with van der Waals surface area (Å²) < 4.78 is 7.42. The van der Waals surface area contributed by atoms with Crippen molar-refractivity contribution in [3.05, 3.63) is 47.2 Å². The highest BCUT2D eigenvalue weighted by Gasteiger charge is 2.16. The van der Waals surface area contributed by atoms with Crippen molar-refractivity contribution in [3.63, 3.8) is 0 Å². The molecule has 1 aromatic carbocycles. The number of pyridine rings is 1. The van der Waals surface area contributed by atoms with Gasteiger partial charge in [0.25, 0.3) is 0 Å². The number of aromatic nitrogens is 2. The molecule has 3 rings (SSSR count). The maximum absolute atomic E-state index is 6.30. The van der Waals surface area contributed by atoms with E-state index in [9.17, 15) is 0 Å². The summed E-state index contributed by atoms with van der Waals surface area (Å²) in [6.45, 7) is 6.18. The van der Waals surface area contributed by atoms with E-state index in [-0.39, 0.29) is 0 Å². The lowest BCUT2D eigenvalue weighted by Gasteiger charge is -2.10. The van der Waals surface area contributed by atoms with Gasteiger partial charge in [-0.15, -0.1) is 0 Å². The number of nitrogens with two attached hydrogens (primary N) is 1. The first kappa shape index (κ1) is 13.5. The van der Waals surface area contributed by atoms with E-state index in [1.807, 2.05) is 35.7 Å². The number of hydrogen-bond donors (Lipinski definition) is 1. The monoisotopic (exact) mass is 281 g/mol. The summed E-state index contributed by atoms with van der Waals surface area (Å²) in [5, 5.41) is 0. The number of ether oxygens (including phenoxy) is 1. The number of anilines is 1. The molecule has 4 nitrogen and oxygen atoms in total. The van der Waals surface area contributed by atoms with E-state index < -0.39 is 0 Å². The number of imidazole rings is 1. The Morgan fingerprint density at radius 1 is 1.10 bits per heavy atom. The van der Waals surface area contributed by atoms with Crippen LogP contribution in [0, 0.1) is 20.8 Å². The van der Waals surface area contributed by atoms with Gasteiger partial charge in [0.1, 0.15) is 22.9 Å². The fourth-order valence-electron chi connectivity index (χ4n) is 2.51. The van der Waals surface area contributed by atoms with E-state index in [1.165, 1.54) is 11.1 Å². The van der Waals surface area contributed by atoms with E-state index in [0.29, 0.717) is 5.82 Å². The highest BCUT2D eigenvalue weighted by atomic mass is 16.5. The number of nitrogens with zero attached hydrogens (tertiary/aromatic N) is 2. The molecule has 4 heteroatoms. The number of methoxy groups -OCH3 is 1. The predicted octanol–water partition coefficient (Wildman–Crippen LogP) is 3.52. The van der Waals surface area contributed by atoms with Crippen molar-refractivity contribution < 1.29 is 4.74 Å². The van der Waals surface area contributed by atoms with Crippen LogP contribution in [0.15, 0.2) is 30.5 Å². The number of aryl methyl sites for hydroxylation is 3. The lowest BCUT2D eigenvalue weighted by molar-refractivity contribution is 0.416. The smallest absolute Gasteiger partial charge is 0.139 e. The third-order valence-electron chi connectivity index (χ3n) is 3.87. The minimum absolute atomic E-state index is 0.634. The molecule has 21 heavy (non-hydrogen) atoms. The molecule has 2 heterocycles. The van der Waals surface area contributed by atoms with Gasteiger partial charge in [-0.1, -0.05) is 6.07 Å². The molecule has 0 radical (unpaired) electrons. The van der Waals surface area contributed by atoms with Gasteiger partial charge in [0.2, 0.25) is 0 Å². The average Bonchev–Trinajstić information content (AvgIpc) is 2.78. The maximum atomic E-state index is 6.30. The summed E-state index contributed by atoms with van der Waals surface area (Å²) in [5.74, 6) is 1.43. The summed E-state index contributed by atoms with van der Waals surface area (Å²) in [6, 6.07) is 8.12. The average molecular weight is 281 g/mol. The molecule has 0 aliphatic rings. The Kier molecular flexibility index (Phi) is 3.09. The van der Waals surface area contributed by atoms with Crippen LogP contribution in [0.25, 0.3) is 16.9 Å². The Labute approximate surface area is 124 Å². The van der Waals surface area contributed by atoms with Gasteiger partial charge in [-0.2, -0.15) is 0 Å². The van der Waals surface area contributed by atoms with Crippen molar-refractivity contribution in [2.45, 2.75) is 20.8 Å². The van der Waals surface area contributed by atoms with E-state index in [0.717, 1.165) is 28.2 Å². The van der Waals surface area contributed by atoms with Crippen LogP contribution in [0.3, 0.4) is 0 Å². The highest BCUT2D eigenvalue weighted by molar-refractivity contribution is 5.80. The number of hydrogen-bond acceptors (Lipinski definition) is 3. The molecule has 2 aromatic heterocycles. The van der Waals surface area contributed by atoms with Crippen molar-refractivity contribution in [2.24, 2.45) is 0 Å². The van der Waals surface area contributed by atoms with Crippen LogP contribution in [0.5, 0.6) is 5.75 Å². The quantitative estimate of drug-likeness (QED) is 0.782. The van der Waals surface area contributed by atoms with Crippen LogP contribution >= 0.6 is 0 Å². The number of rotatable bonds is 2. The Morgan fingerprint density at radius 2 is 1.81 bits per heavy atom. The van der Waals surface area contributed by atoms with Gasteiger partial charge in [0, 0.05) is 11.8 Å². The summed E-state index contributed by atoms with van der Waals surface area (Å²) in [4.78, 5) is 4.66. The molecule has 0 fully saturated rings. The second kappa shape index (κ2) is 4.81. The fourth-order valence-corrected chi connectivity index (χ4v) is 2.51. The summed E-state index contributed by atoms with van der Waals surface area (Å²) in [5.41, 5.74) is 12.4. The largest absolute Gasteiger partial charge is 0.496 e. The molecule has 0 saturated heterocycles. The Balaban J connectivity index is 2.30. The second-order valence-corrected chi connectivity index (χ2v) is 5.42. The van der Waals surface area contributed by atoms with Gasteiger partial charge in [0.15, 0.2) is 0 Å². The molecule has 2 N–H and O–H groups in total. The molecule has 3 aromatic rings. The van der Waals surface area contributed by atoms with Crippen LogP contribution in [-0.2, 0) is 0 Å². The predicted molar refractivity (Wildman–Crippen MR) is 85.8 cm³/mol. The van der Waals surface area contributed by atoms with Crippen LogP contribution < -0.4 is 10.5 Å². The van der Waals surface area contributed by atoms with Gasteiger partial charge in [-0.05, 0) is 55.7 Å². The molecular formula is C17H19N3O. The van der Waals surface area contributed by atoms with Crippen molar-refractivity contribution in [1.29, 1.82) is 0 Å². The van der Waals surface area contributed by atoms with Gasteiger partial charge >= 0.3 is 0 Å². The molecule has 0 aliphatic carbocycles. The topological polar surface area (TPSA) is 52.5 Å². The number of benzene rings is 1. The van der Waals surface area contributed by atoms with Crippen molar-refractivity contribution >= 4 is 11.5 Å². The first-order chi connectivity index (χ1) is 10.0. The zero-order chi connectivity index (χ0) is 15.1. The third kappa shape index (κ3) is 2.13. The molecule has 0 saturated carbocycles. The van der Waals surface area contributed by atoms with Crippen LogP contribution in [0.1, 0.15) is 16.7 Å². The van der Waals surface area contributed by atoms with Crippen molar-refractivity contribution in [3.8, 4) is 17.0 Å². The normalized spacial score (nSPS) is 11.0. The fraction of sp³-hybridized carbons (Fsp3) is 0.235. The standard InChI is InChI=1S/C17H19N3O/c1-10-5-6-15-19-16(17(18)20(15)9-10)13-7-11(2)12(3)8-14(13)21-4/h5-9H,18H2,1-4H3. The lowest BCUT2D eigenvalue weighted by atomic mass is 10.0. The Morgan fingerprint density at radius 3 is 2.52 bits per heavy atom. The molecular weight excluding hydrogens is 262 g/mol.